The summed E-state index contributed by atoms with van der Waals surface area (Å²) in [4.78, 5) is 2.12. The number of aliphatic hydroxyl groups excluding tert-OH is 1. The quantitative estimate of drug-likeness (QED) is 0.922. The third-order valence-corrected chi connectivity index (χ3v) is 3.97. The monoisotopic (exact) mass is 327 g/mol. The Labute approximate surface area is 130 Å². The number of aliphatic hydroxyl groups is 1. The molecule has 3 rings (SSSR count). The molecule has 6 nitrogen and oxygen atoms in total. The highest BCUT2D eigenvalue weighted by molar-refractivity contribution is 5.35. The van der Waals surface area contributed by atoms with Gasteiger partial charge in [-0.25, -0.2) is 0 Å². The third kappa shape index (κ3) is 3.50. The van der Waals surface area contributed by atoms with Crippen LogP contribution in [0.4, 0.5) is 13.2 Å². The van der Waals surface area contributed by atoms with Crippen molar-refractivity contribution in [1.29, 1.82) is 0 Å². The number of hydrogen-bond donors (Lipinski definition) is 1. The second-order valence-corrected chi connectivity index (χ2v) is 5.62. The molecule has 0 bridgehead atoms. The molecule has 23 heavy (non-hydrogen) atoms. The van der Waals surface area contributed by atoms with Gasteiger partial charge in [0.25, 0.3) is 0 Å². The SMILES string of the molecule is OCC1CCN(Cc2nnnn2-c2ccc(C(F)(F)F)cc2)C1. The molecule has 1 aromatic heterocycles. The van der Waals surface area contributed by atoms with Gasteiger partial charge in [0.2, 0.25) is 0 Å². The van der Waals surface area contributed by atoms with Crippen LogP contribution in [-0.2, 0) is 12.7 Å². The lowest BCUT2D eigenvalue weighted by Crippen LogP contribution is -2.23. The van der Waals surface area contributed by atoms with Crippen LogP contribution in [0.25, 0.3) is 5.69 Å². The molecule has 2 aromatic rings. The van der Waals surface area contributed by atoms with Gasteiger partial charge in [0.15, 0.2) is 5.82 Å². The van der Waals surface area contributed by atoms with Crippen LogP contribution in [0.1, 0.15) is 17.8 Å². The number of rotatable bonds is 4. The molecule has 1 aromatic carbocycles. The zero-order valence-electron chi connectivity index (χ0n) is 12.2. The number of hydrogen-bond acceptors (Lipinski definition) is 5. The highest BCUT2D eigenvalue weighted by Crippen LogP contribution is 2.29. The molecule has 9 heteroatoms. The summed E-state index contributed by atoms with van der Waals surface area (Å²) < 4.78 is 39.3. The average molecular weight is 327 g/mol. The second-order valence-electron chi connectivity index (χ2n) is 5.62. The fourth-order valence-corrected chi connectivity index (χ4v) is 2.70. The van der Waals surface area contributed by atoms with Crippen molar-refractivity contribution in [2.45, 2.75) is 19.1 Å². The van der Waals surface area contributed by atoms with Crippen LogP contribution in [0.3, 0.4) is 0 Å². The Kier molecular flexibility index (Phi) is 4.31. The molecule has 2 heterocycles. The first kappa shape index (κ1) is 15.9. The summed E-state index contributed by atoms with van der Waals surface area (Å²) in [5.41, 5.74) is -0.225. The summed E-state index contributed by atoms with van der Waals surface area (Å²) in [5.74, 6) is 0.814. The third-order valence-electron chi connectivity index (χ3n) is 3.97. The van der Waals surface area contributed by atoms with Crippen LogP contribution in [-0.4, -0.2) is 49.9 Å². The van der Waals surface area contributed by atoms with Crippen molar-refractivity contribution in [3.63, 3.8) is 0 Å². The predicted octanol–water partition coefficient (Wildman–Crippen LogP) is 1.50. The van der Waals surface area contributed by atoms with E-state index < -0.39 is 11.7 Å². The van der Waals surface area contributed by atoms with E-state index in [1.807, 2.05) is 0 Å². The molecule has 1 atom stereocenters. The topological polar surface area (TPSA) is 67.1 Å². The number of benzene rings is 1. The Hall–Kier alpha value is -2.00. The van der Waals surface area contributed by atoms with Crippen LogP contribution in [0.5, 0.6) is 0 Å². The maximum absolute atomic E-state index is 12.6. The number of likely N-dealkylation sites (tertiary alicyclic amines) is 1. The Morgan fingerprint density at radius 2 is 1.96 bits per heavy atom. The van der Waals surface area contributed by atoms with Crippen molar-refractivity contribution < 1.29 is 18.3 Å². The number of alkyl halides is 3. The van der Waals surface area contributed by atoms with Gasteiger partial charge in [-0.05, 0) is 53.6 Å². The first-order valence-electron chi connectivity index (χ1n) is 7.25. The molecule has 1 N–H and O–H groups in total. The van der Waals surface area contributed by atoms with Gasteiger partial charge >= 0.3 is 6.18 Å². The van der Waals surface area contributed by atoms with Crippen LogP contribution >= 0.6 is 0 Å². The molecular formula is C14H16F3N5O. The lowest BCUT2D eigenvalue weighted by atomic mass is 10.1. The number of nitrogens with zero attached hydrogens (tertiary/aromatic N) is 5. The molecule has 1 aliphatic heterocycles. The van der Waals surface area contributed by atoms with E-state index in [-0.39, 0.29) is 12.5 Å². The van der Waals surface area contributed by atoms with E-state index in [1.165, 1.54) is 16.8 Å². The second kappa shape index (κ2) is 6.25. The van der Waals surface area contributed by atoms with Crippen molar-refractivity contribution in [2.24, 2.45) is 5.92 Å². The first-order valence-corrected chi connectivity index (χ1v) is 7.25. The summed E-state index contributed by atoms with van der Waals surface area (Å²) in [6, 6.07) is 4.73. The van der Waals surface area contributed by atoms with Crippen molar-refractivity contribution in [2.75, 3.05) is 19.7 Å². The maximum Gasteiger partial charge on any atom is 0.416 e. The van der Waals surface area contributed by atoms with E-state index >= 15 is 0 Å². The first-order chi connectivity index (χ1) is 11.0. The summed E-state index contributed by atoms with van der Waals surface area (Å²) >= 11 is 0. The fraction of sp³-hybridized carbons (Fsp3) is 0.500. The van der Waals surface area contributed by atoms with Gasteiger partial charge in [0, 0.05) is 13.2 Å². The molecule has 1 unspecified atom stereocenters. The normalized spacial score (nSPS) is 19.4. The fourth-order valence-electron chi connectivity index (χ4n) is 2.70. The zero-order valence-corrected chi connectivity index (χ0v) is 12.2. The largest absolute Gasteiger partial charge is 0.416 e. The number of tetrazole rings is 1. The van der Waals surface area contributed by atoms with E-state index in [4.69, 9.17) is 0 Å². The highest BCUT2D eigenvalue weighted by atomic mass is 19.4. The minimum atomic E-state index is -4.36. The van der Waals surface area contributed by atoms with Crippen molar-refractivity contribution in [1.82, 2.24) is 25.1 Å². The molecule has 1 fully saturated rings. The van der Waals surface area contributed by atoms with E-state index in [2.05, 4.69) is 20.4 Å². The standard InChI is InChI=1S/C14H16F3N5O/c15-14(16,17)11-1-3-12(4-2-11)22-13(18-19-20-22)8-21-6-5-10(7-21)9-23/h1-4,10,23H,5-9H2. The van der Waals surface area contributed by atoms with E-state index in [0.29, 0.717) is 18.1 Å². The van der Waals surface area contributed by atoms with E-state index in [0.717, 1.165) is 31.6 Å². The minimum absolute atomic E-state index is 0.153. The van der Waals surface area contributed by atoms with Crippen molar-refractivity contribution in [3.05, 3.63) is 35.7 Å². The van der Waals surface area contributed by atoms with Gasteiger partial charge in [0.05, 0.1) is 17.8 Å². The predicted molar refractivity (Wildman–Crippen MR) is 74.6 cm³/mol. The van der Waals surface area contributed by atoms with E-state index in [1.54, 1.807) is 0 Å². The van der Waals surface area contributed by atoms with Crippen molar-refractivity contribution >= 4 is 0 Å². The summed E-state index contributed by atoms with van der Waals surface area (Å²) in [6.07, 6.45) is -3.45. The molecule has 1 aliphatic rings. The molecule has 0 amide bonds. The van der Waals surface area contributed by atoms with Gasteiger partial charge in [0.1, 0.15) is 0 Å². The molecule has 124 valence electrons. The van der Waals surface area contributed by atoms with Gasteiger partial charge in [-0.3, -0.25) is 4.90 Å². The molecule has 0 saturated carbocycles. The average Bonchev–Trinajstić information content (AvgIpc) is 3.16. The Morgan fingerprint density at radius 3 is 2.57 bits per heavy atom. The minimum Gasteiger partial charge on any atom is -0.396 e. The van der Waals surface area contributed by atoms with Gasteiger partial charge in [-0.2, -0.15) is 17.9 Å². The van der Waals surface area contributed by atoms with Crippen LogP contribution < -0.4 is 0 Å². The van der Waals surface area contributed by atoms with Gasteiger partial charge in [-0.15, -0.1) is 5.10 Å². The van der Waals surface area contributed by atoms with Gasteiger partial charge < -0.3 is 5.11 Å². The summed E-state index contributed by atoms with van der Waals surface area (Å²) in [5, 5.41) is 20.6. The molecule has 0 spiro atoms. The molecule has 0 radical (unpaired) electrons. The number of aromatic nitrogens is 4. The molecule has 1 saturated heterocycles. The maximum atomic E-state index is 12.6. The Balaban J connectivity index is 1.76. The van der Waals surface area contributed by atoms with Crippen molar-refractivity contribution in [3.8, 4) is 5.69 Å². The lowest BCUT2D eigenvalue weighted by Gasteiger charge is -2.15. The Morgan fingerprint density at radius 1 is 1.22 bits per heavy atom. The smallest absolute Gasteiger partial charge is 0.396 e. The number of halogens is 3. The van der Waals surface area contributed by atoms with Gasteiger partial charge in [-0.1, -0.05) is 0 Å². The summed E-state index contributed by atoms with van der Waals surface area (Å²) in [7, 11) is 0. The lowest BCUT2D eigenvalue weighted by molar-refractivity contribution is -0.137. The molecular weight excluding hydrogens is 311 g/mol. The Bertz CT molecular complexity index is 655. The summed E-state index contributed by atoms with van der Waals surface area (Å²) in [6.45, 7) is 2.24. The van der Waals surface area contributed by atoms with Crippen LogP contribution in [0, 0.1) is 5.92 Å². The molecule has 0 aliphatic carbocycles. The van der Waals surface area contributed by atoms with Crippen LogP contribution in [0.15, 0.2) is 24.3 Å². The highest BCUT2D eigenvalue weighted by Gasteiger charge is 2.30. The van der Waals surface area contributed by atoms with Crippen LogP contribution in [0.2, 0.25) is 0 Å². The van der Waals surface area contributed by atoms with E-state index in [9.17, 15) is 18.3 Å². The zero-order chi connectivity index (χ0) is 16.4.